The maximum atomic E-state index is 13.2. The van der Waals surface area contributed by atoms with Gasteiger partial charge in [0.15, 0.2) is 5.16 Å². The topological polar surface area (TPSA) is 76.9 Å². The zero-order chi connectivity index (χ0) is 22.5. The normalized spacial score (nSPS) is 11.1. The lowest BCUT2D eigenvalue weighted by Gasteiger charge is -2.13. The first-order valence-electron chi connectivity index (χ1n) is 10.4. The van der Waals surface area contributed by atoms with Crippen LogP contribution in [0.4, 0.5) is 5.69 Å². The van der Waals surface area contributed by atoms with E-state index in [-0.39, 0.29) is 17.2 Å². The van der Waals surface area contributed by atoms with Crippen LogP contribution in [0.5, 0.6) is 0 Å². The number of nitrogens with one attached hydrogen (secondary N) is 1. The Morgan fingerprint density at radius 2 is 1.84 bits per heavy atom. The van der Waals surface area contributed by atoms with Gasteiger partial charge in [-0.2, -0.15) is 0 Å². The van der Waals surface area contributed by atoms with E-state index in [1.54, 1.807) is 23.0 Å². The summed E-state index contributed by atoms with van der Waals surface area (Å²) in [5.74, 6) is 0.428. The van der Waals surface area contributed by atoms with Crippen LogP contribution in [0.3, 0.4) is 0 Å². The van der Waals surface area contributed by atoms with Crippen molar-refractivity contribution >= 4 is 34.3 Å². The highest BCUT2D eigenvalue weighted by molar-refractivity contribution is 7.99. The molecule has 0 aliphatic carbocycles. The molecule has 0 aliphatic heterocycles. The Labute approximate surface area is 190 Å². The second-order valence-corrected chi connectivity index (χ2v) is 8.72. The van der Waals surface area contributed by atoms with Gasteiger partial charge in [-0.25, -0.2) is 4.98 Å². The molecule has 6 nitrogen and oxygen atoms in total. The molecular formula is C25H24N4O2S. The van der Waals surface area contributed by atoms with Crippen LogP contribution >= 0.6 is 11.8 Å². The number of nitrogens with zero attached hydrogens (tertiary/aromatic N) is 3. The van der Waals surface area contributed by atoms with Crippen molar-refractivity contribution in [1.29, 1.82) is 0 Å². The van der Waals surface area contributed by atoms with Crippen LogP contribution in [0.15, 0.2) is 83.0 Å². The number of carbonyl (C=O) groups is 1. The first-order valence-corrected chi connectivity index (χ1v) is 11.4. The fraction of sp³-hybridized carbons (Fsp3) is 0.200. The van der Waals surface area contributed by atoms with Gasteiger partial charge in [0.2, 0.25) is 5.91 Å². The van der Waals surface area contributed by atoms with Crippen molar-refractivity contribution in [2.75, 3.05) is 11.1 Å². The van der Waals surface area contributed by atoms with Gasteiger partial charge in [0, 0.05) is 18.1 Å². The van der Waals surface area contributed by atoms with Crippen molar-refractivity contribution in [3.8, 4) is 0 Å². The SMILES string of the molecule is CC(C)c1ccc(NC(=O)CSc2nc3ccccc3c(=O)n2Cc2cccnc2)cc1. The predicted molar refractivity (Wildman–Crippen MR) is 129 cm³/mol. The molecule has 7 heteroatoms. The number of para-hydroxylation sites is 1. The molecule has 0 aliphatic rings. The van der Waals surface area contributed by atoms with Crippen LogP contribution in [0.1, 0.15) is 30.9 Å². The van der Waals surface area contributed by atoms with Crippen molar-refractivity contribution in [2.24, 2.45) is 0 Å². The Morgan fingerprint density at radius 3 is 2.56 bits per heavy atom. The fourth-order valence-corrected chi connectivity index (χ4v) is 4.15. The Morgan fingerprint density at radius 1 is 1.06 bits per heavy atom. The van der Waals surface area contributed by atoms with E-state index in [1.165, 1.54) is 17.3 Å². The fourth-order valence-electron chi connectivity index (χ4n) is 3.35. The van der Waals surface area contributed by atoms with Crippen molar-refractivity contribution in [2.45, 2.75) is 31.5 Å². The van der Waals surface area contributed by atoms with Gasteiger partial charge in [-0.05, 0) is 47.4 Å². The minimum absolute atomic E-state index is 0.133. The van der Waals surface area contributed by atoms with E-state index in [2.05, 4.69) is 29.1 Å². The van der Waals surface area contributed by atoms with Gasteiger partial charge in [-0.3, -0.25) is 19.1 Å². The van der Waals surface area contributed by atoms with Gasteiger partial charge >= 0.3 is 0 Å². The lowest BCUT2D eigenvalue weighted by atomic mass is 10.0. The number of fused-ring (bicyclic) bond motifs is 1. The quantitative estimate of drug-likeness (QED) is 0.330. The van der Waals surface area contributed by atoms with E-state index < -0.39 is 0 Å². The smallest absolute Gasteiger partial charge is 0.262 e. The molecule has 2 aromatic carbocycles. The van der Waals surface area contributed by atoms with E-state index in [4.69, 9.17) is 0 Å². The summed E-state index contributed by atoms with van der Waals surface area (Å²) in [4.78, 5) is 34.5. The number of amides is 1. The van der Waals surface area contributed by atoms with Crippen LogP contribution in [-0.2, 0) is 11.3 Å². The summed E-state index contributed by atoms with van der Waals surface area (Å²) in [6.07, 6.45) is 3.42. The number of hydrogen-bond donors (Lipinski definition) is 1. The number of hydrogen-bond acceptors (Lipinski definition) is 5. The third-order valence-corrected chi connectivity index (χ3v) is 6.06. The summed E-state index contributed by atoms with van der Waals surface area (Å²) < 4.78 is 1.61. The highest BCUT2D eigenvalue weighted by Gasteiger charge is 2.14. The van der Waals surface area contributed by atoms with Gasteiger partial charge in [0.25, 0.3) is 5.56 Å². The number of thioether (sulfide) groups is 1. The molecule has 162 valence electrons. The van der Waals surface area contributed by atoms with Crippen LogP contribution in [-0.4, -0.2) is 26.2 Å². The molecule has 2 aromatic heterocycles. The Bertz CT molecular complexity index is 1290. The van der Waals surface area contributed by atoms with Crippen molar-refractivity contribution in [1.82, 2.24) is 14.5 Å². The van der Waals surface area contributed by atoms with E-state index in [1.807, 2.05) is 54.6 Å². The molecule has 0 saturated heterocycles. The van der Waals surface area contributed by atoms with E-state index in [0.717, 1.165) is 11.3 Å². The highest BCUT2D eigenvalue weighted by Crippen LogP contribution is 2.20. The van der Waals surface area contributed by atoms with Gasteiger partial charge in [-0.15, -0.1) is 0 Å². The van der Waals surface area contributed by atoms with Crippen LogP contribution < -0.4 is 10.9 Å². The molecule has 2 heterocycles. The van der Waals surface area contributed by atoms with Crippen molar-refractivity contribution in [3.63, 3.8) is 0 Å². The number of carbonyl (C=O) groups excluding carboxylic acids is 1. The van der Waals surface area contributed by atoms with E-state index >= 15 is 0 Å². The van der Waals surface area contributed by atoms with Gasteiger partial charge in [0.05, 0.1) is 23.2 Å². The largest absolute Gasteiger partial charge is 0.325 e. The number of rotatable bonds is 7. The first-order chi connectivity index (χ1) is 15.5. The molecule has 4 rings (SSSR count). The van der Waals surface area contributed by atoms with E-state index in [0.29, 0.717) is 28.5 Å². The van der Waals surface area contributed by atoms with Gasteiger partial charge in [-0.1, -0.05) is 55.9 Å². The Hall–Kier alpha value is -3.45. The average molecular weight is 445 g/mol. The zero-order valence-corrected chi connectivity index (χ0v) is 18.8. The predicted octanol–water partition coefficient (Wildman–Crippen LogP) is 4.69. The van der Waals surface area contributed by atoms with Crippen LogP contribution in [0, 0.1) is 0 Å². The Kier molecular flexibility index (Phi) is 6.66. The third-order valence-electron chi connectivity index (χ3n) is 5.08. The lowest BCUT2D eigenvalue weighted by Crippen LogP contribution is -2.25. The monoisotopic (exact) mass is 444 g/mol. The molecule has 4 aromatic rings. The molecule has 0 saturated carbocycles. The van der Waals surface area contributed by atoms with Crippen molar-refractivity contribution in [3.05, 3.63) is 94.5 Å². The standard InChI is InChI=1S/C25H24N4O2S/c1-17(2)19-9-11-20(12-10-19)27-23(30)16-32-25-28-22-8-4-3-7-21(22)24(31)29(25)15-18-6-5-13-26-14-18/h3-14,17H,15-16H2,1-2H3,(H,27,30). The summed E-state index contributed by atoms with van der Waals surface area (Å²) in [6, 6.07) is 18.9. The maximum absolute atomic E-state index is 13.2. The number of benzene rings is 2. The summed E-state index contributed by atoms with van der Waals surface area (Å²) in [5, 5.41) is 3.97. The number of anilines is 1. The second-order valence-electron chi connectivity index (χ2n) is 7.78. The molecule has 0 radical (unpaired) electrons. The third kappa shape index (κ3) is 5.06. The summed E-state index contributed by atoms with van der Waals surface area (Å²) in [6.45, 7) is 4.60. The average Bonchev–Trinajstić information content (AvgIpc) is 2.81. The van der Waals surface area contributed by atoms with Crippen LogP contribution in [0.2, 0.25) is 0 Å². The van der Waals surface area contributed by atoms with Gasteiger partial charge in [0.1, 0.15) is 0 Å². The van der Waals surface area contributed by atoms with E-state index in [9.17, 15) is 9.59 Å². The molecule has 1 N–H and O–H groups in total. The number of pyridine rings is 1. The van der Waals surface area contributed by atoms with Crippen molar-refractivity contribution < 1.29 is 4.79 Å². The van der Waals surface area contributed by atoms with Crippen LogP contribution in [0.25, 0.3) is 10.9 Å². The molecule has 0 spiro atoms. The maximum Gasteiger partial charge on any atom is 0.262 e. The summed E-state index contributed by atoms with van der Waals surface area (Å²) in [7, 11) is 0. The molecule has 0 bridgehead atoms. The van der Waals surface area contributed by atoms with Gasteiger partial charge < -0.3 is 5.32 Å². The molecule has 0 fully saturated rings. The molecule has 0 unspecified atom stereocenters. The molecule has 32 heavy (non-hydrogen) atoms. The Balaban J connectivity index is 1.55. The molecule has 1 amide bonds. The first kappa shape index (κ1) is 21.8. The zero-order valence-electron chi connectivity index (χ0n) is 18.0. The lowest BCUT2D eigenvalue weighted by molar-refractivity contribution is -0.113. The minimum Gasteiger partial charge on any atom is -0.325 e. The summed E-state index contributed by atoms with van der Waals surface area (Å²) >= 11 is 1.25. The minimum atomic E-state index is -0.150. The highest BCUT2D eigenvalue weighted by atomic mass is 32.2. The number of aromatic nitrogens is 3. The second kappa shape index (κ2) is 9.78. The molecular weight excluding hydrogens is 420 g/mol. The summed E-state index contributed by atoms with van der Waals surface area (Å²) in [5.41, 5.74) is 3.35. The molecule has 0 atom stereocenters.